The van der Waals surface area contributed by atoms with Crippen molar-refractivity contribution in [2.75, 3.05) is 31.5 Å². The number of rotatable bonds is 4. The van der Waals surface area contributed by atoms with Gasteiger partial charge in [0.2, 0.25) is 5.91 Å². The van der Waals surface area contributed by atoms with Crippen LogP contribution in [0.5, 0.6) is 0 Å². The van der Waals surface area contributed by atoms with Gasteiger partial charge < -0.3 is 10.6 Å². The molecule has 1 aliphatic rings. The fourth-order valence-electron chi connectivity index (χ4n) is 2.73. The third kappa shape index (κ3) is 4.13. The lowest BCUT2D eigenvalue weighted by molar-refractivity contribution is -0.118. The van der Waals surface area contributed by atoms with Gasteiger partial charge in [-0.2, -0.15) is 0 Å². The molecule has 7 heteroatoms. The Morgan fingerprint density at radius 3 is 3.17 bits per heavy atom. The van der Waals surface area contributed by atoms with Gasteiger partial charge in [0.25, 0.3) is 0 Å². The van der Waals surface area contributed by atoms with E-state index < -0.39 is 0 Å². The number of thiazole rings is 1. The summed E-state index contributed by atoms with van der Waals surface area (Å²) in [7, 11) is 0. The lowest BCUT2D eigenvalue weighted by Gasteiger charge is -2.35. The molecule has 1 aromatic heterocycles. The van der Waals surface area contributed by atoms with Crippen molar-refractivity contribution in [1.82, 2.24) is 15.2 Å². The molecule has 3 rings (SSSR count). The van der Waals surface area contributed by atoms with E-state index in [1.807, 2.05) is 18.4 Å². The number of aromatic nitrogens is 1. The van der Waals surface area contributed by atoms with Gasteiger partial charge >= 0.3 is 0 Å². The lowest BCUT2D eigenvalue weighted by Crippen LogP contribution is -2.48. The molecule has 122 valence electrons. The quantitative estimate of drug-likeness (QED) is 0.900. The molecule has 0 bridgehead atoms. The number of aryl methyl sites for hydroxylation is 1. The topological polar surface area (TPSA) is 57.3 Å². The largest absolute Gasteiger partial charge is 0.314 e. The third-order valence-corrected chi connectivity index (χ3v) is 4.68. The number of hydrogen-bond acceptors (Lipinski definition) is 5. The summed E-state index contributed by atoms with van der Waals surface area (Å²) in [5, 5.41) is 8.64. The van der Waals surface area contributed by atoms with Crippen molar-refractivity contribution < 1.29 is 9.18 Å². The number of hydrogen-bond donors (Lipinski definition) is 2. The molecule has 1 atom stereocenters. The Hall–Kier alpha value is -1.83. The van der Waals surface area contributed by atoms with E-state index in [4.69, 9.17) is 0 Å². The first kappa shape index (κ1) is 16.0. The van der Waals surface area contributed by atoms with E-state index in [1.54, 1.807) is 6.07 Å². The molecule has 0 aliphatic carbocycles. The summed E-state index contributed by atoms with van der Waals surface area (Å²) in [5.74, 6) is -0.349. The maximum atomic E-state index is 13.5. The SMILES string of the molecule is Cc1csc(NC(=O)CN2CCNCC2c2cccc(F)c2)n1. The molecule has 0 radical (unpaired) electrons. The van der Waals surface area contributed by atoms with Crippen molar-refractivity contribution in [2.45, 2.75) is 13.0 Å². The summed E-state index contributed by atoms with van der Waals surface area (Å²) in [6.07, 6.45) is 0. The molecule has 0 spiro atoms. The Bertz CT molecular complexity index is 690. The van der Waals surface area contributed by atoms with Crippen LogP contribution in [0.15, 0.2) is 29.6 Å². The minimum Gasteiger partial charge on any atom is -0.314 e. The number of carbonyl (C=O) groups excluding carboxylic acids is 1. The van der Waals surface area contributed by atoms with E-state index in [-0.39, 0.29) is 24.3 Å². The van der Waals surface area contributed by atoms with E-state index in [0.29, 0.717) is 11.7 Å². The maximum absolute atomic E-state index is 13.5. The molecule has 1 unspecified atom stereocenters. The van der Waals surface area contributed by atoms with Crippen LogP contribution in [0.4, 0.5) is 9.52 Å². The number of halogens is 1. The van der Waals surface area contributed by atoms with Crippen LogP contribution >= 0.6 is 11.3 Å². The standard InChI is InChI=1S/C16H19FN4OS/c1-11-10-23-16(19-11)20-15(22)9-21-6-5-18-8-14(21)12-3-2-4-13(17)7-12/h2-4,7,10,14,18H,5-6,8-9H2,1H3,(H,19,20,22). The van der Waals surface area contributed by atoms with Crippen molar-refractivity contribution in [1.29, 1.82) is 0 Å². The molecule has 1 fully saturated rings. The maximum Gasteiger partial charge on any atom is 0.240 e. The molecular weight excluding hydrogens is 315 g/mol. The molecule has 5 nitrogen and oxygen atoms in total. The van der Waals surface area contributed by atoms with E-state index in [9.17, 15) is 9.18 Å². The molecule has 2 heterocycles. The van der Waals surface area contributed by atoms with Gasteiger partial charge in [-0.25, -0.2) is 9.37 Å². The van der Waals surface area contributed by atoms with Gasteiger partial charge in [-0.3, -0.25) is 9.69 Å². The van der Waals surface area contributed by atoms with Crippen molar-refractivity contribution >= 4 is 22.4 Å². The average molecular weight is 334 g/mol. The highest BCUT2D eigenvalue weighted by Crippen LogP contribution is 2.23. The van der Waals surface area contributed by atoms with Gasteiger partial charge in [-0.15, -0.1) is 11.3 Å². The van der Waals surface area contributed by atoms with Crippen LogP contribution in [0, 0.1) is 12.7 Å². The van der Waals surface area contributed by atoms with Crippen LogP contribution in [-0.2, 0) is 4.79 Å². The average Bonchev–Trinajstić information content (AvgIpc) is 2.92. The summed E-state index contributed by atoms with van der Waals surface area (Å²) < 4.78 is 13.5. The van der Waals surface area contributed by atoms with E-state index in [0.717, 1.165) is 24.3 Å². The molecule has 1 aromatic carbocycles. The molecule has 0 saturated carbocycles. The minimum absolute atomic E-state index is 0.0109. The molecule has 1 amide bonds. The van der Waals surface area contributed by atoms with Crippen LogP contribution in [-0.4, -0.2) is 42.0 Å². The van der Waals surface area contributed by atoms with E-state index >= 15 is 0 Å². The zero-order chi connectivity index (χ0) is 16.2. The summed E-state index contributed by atoms with van der Waals surface area (Å²) in [4.78, 5) is 18.6. The van der Waals surface area contributed by atoms with Gasteiger partial charge in [0.05, 0.1) is 12.2 Å². The summed E-state index contributed by atoms with van der Waals surface area (Å²) >= 11 is 1.42. The first-order chi connectivity index (χ1) is 11.1. The van der Waals surface area contributed by atoms with Gasteiger partial charge in [-0.1, -0.05) is 12.1 Å². The predicted molar refractivity (Wildman–Crippen MR) is 89.1 cm³/mol. The number of nitrogens with one attached hydrogen (secondary N) is 2. The van der Waals surface area contributed by atoms with Gasteiger partial charge in [0.15, 0.2) is 5.13 Å². The molecule has 23 heavy (non-hydrogen) atoms. The molecule has 2 N–H and O–H groups in total. The predicted octanol–water partition coefficient (Wildman–Crippen LogP) is 2.18. The number of anilines is 1. The Morgan fingerprint density at radius 2 is 2.43 bits per heavy atom. The number of amides is 1. The summed E-state index contributed by atoms with van der Waals surface area (Å²) in [6, 6.07) is 6.56. The van der Waals surface area contributed by atoms with Gasteiger partial charge in [-0.05, 0) is 24.6 Å². The smallest absolute Gasteiger partial charge is 0.240 e. The van der Waals surface area contributed by atoms with Crippen molar-refractivity contribution in [3.63, 3.8) is 0 Å². The molecule has 1 saturated heterocycles. The fraction of sp³-hybridized carbons (Fsp3) is 0.375. The van der Waals surface area contributed by atoms with Crippen LogP contribution in [0.2, 0.25) is 0 Å². The number of carbonyl (C=O) groups is 1. The zero-order valence-electron chi connectivity index (χ0n) is 12.9. The van der Waals surface area contributed by atoms with E-state index in [1.165, 1.54) is 23.5 Å². The fourth-order valence-corrected chi connectivity index (χ4v) is 3.44. The highest BCUT2D eigenvalue weighted by Gasteiger charge is 2.26. The molecular formula is C16H19FN4OS. The van der Waals surface area contributed by atoms with Gasteiger partial charge in [0, 0.05) is 31.1 Å². The second kappa shape index (κ2) is 7.16. The van der Waals surface area contributed by atoms with Crippen molar-refractivity contribution in [3.05, 3.63) is 46.7 Å². The number of piperazine rings is 1. The summed E-state index contributed by atoms with van der Waals surface area (Å²) in [6.45, 7) is 4.41. The molecule has 2 aromatic rings. The number of benzene rings is 1. The van der Waals surface area contributed by atoms with Crippen LogP contribution < -0.4 is 10.6 Å². The minimum atomic E-state index is -0.254. The van der Waals surface area contributed by atoms with Crippen LogP contribution in [0.25, 0.3) is 0 Å². The zero-order valence-corrected chi connectivity index (χ0v) is 13.7. The van der Waals surface area contributed by atoms with Crippen molar-refractivity contribution in [3.8, 4) is 0 Å². The Kier molecular flexibility index (Phi) is 5.00. The van der Waals surface area contributed by atoms with E-state index in [2.05, 4.69) is 20.5 Å². The first-order valence-electron chi connectivity index (χ1n) is 7.54. The van der Waals surface area contributed by atoms with Crippen LogP contribution in [0.3, 0.4) is 0 Å². The Morgan fingerprint density at radius 1 is 1.57 bits per heavy atom. The highest BCUT2D eigenvalue weighted by molar-refractivity contribution is 7.13. The summed E-state index contributed by atoms with van der Waals surface area (Å²) in [5.41, 5.74) is 1.78. The Balaban J connectivity index is 1.67. The van der Waals surface area contributed by atoms with Crippen LogP contribution in [0.1, 0.15) is 17.3 Å². The van der Waals surface area contributed by atoms with Gasteiger partial charge in [0.1, 0.15) is 5.82 Å². The highest BCUT2D eigenvalue weighted by atomic mass is 32.1. The normalized spacial score (nSPS) is 18.8. The second-order valence-electron chi connectivity index (χ2n) is 5.59. The second-order valence-corrected chi connectivity index (χ2v) is 6.45. The van der Waals surface area contributed by atoms with Crippen molar-refractivity contribution in [2.24, 2.45) is 0 Å². The monoisotopic (exact) mass is 334 g/mol. The molecule has 1 aliphatic heterocycles. The number of nitrogens with zero attached hydrogens (tertiary/aromatic N) is 2. The third-order valence-electron chi connectivity index (χ3n) is 3.80. The first-order valence-corrected chi connectivity index (χ1v) is 8.42. The lowest BCUT2D eigenvalue weighted by atomic mass is 10.0. The Labute approximate surface area is 138 Å².